The largest absolute Gasteiger partial charge is 0.467 e. The SMILES string of the molecule is COC(=O)C1(c2ccc(I)cc2[N+](=O)[O-])CN(C)CCO1. The molecular weight excluding hydrogens is 391 g/mol. The van der Waals surface area contributed by atoms with Crippen molar-refractivity contribution in [3.05, 3.63) is 37.4 Å². The van der Waals surface area contributed by atoms with E-state index in [4.69, 9.17) is 9.47 Å². The van der Waals surface area contributed by atoms with Crippen LogP contribution < -0.4 is 0 Å². The lowest BCUT2D eigenvalue weighted by molar-refractivity contribution is -0.387. The van der Waals surface area contributed by atoms with Gasteiger partial charge in [-0.15, -0.1) is 0 Å². The Kier molecular flexibility index (Phi) is 4.79. The standard InChI is InChI=1S/C13H15IN2O5/c1-15-5-6-21-13(8-15,12(17)20-2)10-4-3-9(14)7-11(10)16(18)19/h3-4,7H,5-6,8H2,1-2H3. The smallest absolute Gasteiger partial charge is 0.344 e. The van der Waals surface area contributed by atoms with E-state index in [1.807, 2.05) is 34.5 Å². The first kappa shape index (κ1) is 16.1. The van der Waals surface area contributed by atoms with Crippen LogP contribution in [0.4, 0.5) is 5.69 Å². The third-order valence-corrected chi connectivity index (χ3v) is 4.09. The van der Waals surface area contributed by atoms with Crippen molar-refractivity contribution in [3.8, 4) is 0 Å². The van der Waals surface area contributed by atoms with Gasteiger partial charge in [-0.25, -0.2) is 4.79 Å². The zero-order chi connectivity index (χ0) is 15.6. The number of benzene rings is 1. The fraction of sp³-hybridized carbons (Fsp3) is 0.462. The maximum atomic E-state index is 12.3. The van der Waals surface area contributed by atoms with E-state index in [-0.39, 0.29) is 17.8 Å². The molecule has 1 fully saturated rings. The van der Waals surface area contributed by atoms with Gasteiger partial charge in [-0.05, 0) is 41.8 Å². The Morgan fingerprint density at radius 1 is 1.57 bits per heavy atom. The van der Waals surface area contributed by atoms with Gasteiger partial charge in [-0.3, -0.25) is 10.1 Å². The zero-order valence-corrected chi connectivity index (χ0v) is 13.8. The van der Waals surface area contributed by atoms with E-state index in [2.05, 4.69) is 0 Å². The second-order valence-electron chi connectivity index (χ2n) is 4.82. The fourth-order valence-corrected chi connectivity index (χ4v) is 2.91. The summed E-state index contributed by atoms with van der Waals surface area (Å²) in [5, 5.41) is 11.3. The van der Waals surface area contributed by atoms with Crippen LogP contribution >= 0.6 is 22.6 Å². The van der Waals surface area contributed by atoms with E-state index in [0.29, 0.717) is 16.7 Å². The molecule has 1 unspecified atom stereocenters. The van der Waals surface area contributed by atoms with Crippen LogP contribution in [0.25, 0.3) is 0 Å². The number of nitro benzene ring substituents is 1. The van der Waals surface area contributed by atoms with Gasteiger partial charge >= 0.3 is 5.97 Å². The summed E-state index contributed by atoms with van der Waals surface area (Å²) < 4.78 is 11.2. The number of carbonyl (C=O) groups excluding carboxylic acids is 1. The zero-order valence-electron chi connectivity index (χ0n) is 11.7. The molecule has 0 spiro atoms. The number of carbonyl (C=O) groups is 1. The molecule has 1 aromatic rings. The second-order valence-corrected chi connectivity index (χ2v) is 6.07. The van der Waals surface area contributed by atoms with E-state index in [1.165, 1.54) is 13.2 Å². The average molecular weight is 406 g/mol. The van der Waals surface area contributed by atoms with E-state index in [1.54, 1.807) is 12.1 Å². The number of rotatable bonds is 3. The van der Waals surface area contributed by atoms with Gasteiger partial charge in [0.25, 0.3) is 5.69 Å². The number of likely N-dealkylation sites (N-methyl/N-ethyl adjacent to an activating group) is 1. The molecule has 0 amide bonds. The number of nitrogens with zero attached hydrogens (tertiary/aromatic N) is 2. The summed E-state index contributed by atoms with van der Waals surface area (Å²) in [5.41, 5.74) is -1.37. The molecule has 0 N–H and O–H groups in total. The van der Waals surface area contributed by atoms with Crippen molar-refractivity contribution in [2.75, 3.05) is 33.9 Å². The van der Waals surface area contributed by atoms with Crippen molar-refractivity contribution in [1.29, 1.82) is 0 Å². The molecule has 1 heterocycles. The van der Waals surface area contributed by atoms with Crippen LogP contribution in [0.3, 0.4) is 0 Å². The molecule has 0 saturated carbocycles. The van der Waals surface area contributed by atoms with Crippen molar-refractivity contribution in [2.45, 2.75) is 5.60 Å². The summed E-state index contributed by atoms with van der Waals surface area (Å²) in [6.07, 6.45) is 0. The van der Waals surface area contributed by atoms with Crippen LogP contribution in [-0.4, -0.2) is 49.6 Å². The summed E-state index contributed by atoms with van der Waals surface area (Å²) >= 11 is 1.99. The van der Waals surface area contributed by atoms with E-state index >= 15 is 0 Å². The van der Waals surface area contributed by atoms with Crippen LogP contribution in [0.15, 0.2) is 18.2 Å². The highest BCUT2D eigenvalue weighted by atomic mass is 127. The fourth-order valence-electron chi connectivity index (χ4n) is 2.44. The lowest BCUT2D eigenvalue weighted by Crippen LogP contribution is -2.53. The number of halogens is 1. The highest BCUT2D eigenvalue weighted by molar-refractivity contribution is 14.1. The molecule has 114 valence electrons. The Morgan fingerprint density at radius 3 is 2.86 bits per heavy atom. The molecule has 7 nitrogen and oxygen atoms in total. The summed E-state index contributed by atoms with van der Waals surface area (Å²) in [4.78, 5) is 25.0. The Morgan fingerprint density at radius 2 is 2.29 bits per heavy atom. The first-order valence-electron chi connectivity index (χ1n) is 6.26. The van der Waals surface area contributed by atoms with Crippen molar-refractivity contribution in [2.24, 2.45) is 0 Å². The number of morpholine rings is 1. The lowest BCUT2D eigenvalue weighted by Gasteiger charge is -2.38. The highest BCUT2D eigenvalue weighted by Gasteiger charge is 2.49. The quantitative estimate of drug-likeness (QED) is 0.328. The van der Waals surface area contributed by atoms with Crippen molar-refractivity contribution in [1.82, 2.24) is 4.90 Å². The van der Waals surface area contributed by atoms with Crippen molar-refractivity contribution < 1.29 is 19.2 Å². The average Bonchev–Trinajstić information content (AvgIpc) is 2.45. The highest BCUT2D eigenvalue weighted by Crippen LogP contribution is 2.37. The topological polar surface area (TPSA) is 81.9 Å². The molecule has 1 aliphatic rings. The van der Waals surface area contributed by atoms with Gasteiger partial charge in [0.1, 0.15) is 0 Å². The Balaban J connectivity index is 2.62. The molecule has 0 radical (unpaired) electrons. The number of methoxy groups -OCH3 is 1. The molecule has 8 heteroatoms. The summed E-state index contributed by atoms with van der Waals surface area (Å²) in [6, 6.07) is 4.71. The first-order chi connectivity index (χ1) is 9.90. The Hall–Kier alpha value is -1.26. The predicted molar refractivity (Wildman–Crippen MR) is 83.0 cm³/mol. The van der Waals surface area contributed by atoms with E-state index in [9.17, 15) is 14.9 Å². The molecule has 0 aromatic heterocycles. The number of hydrogen-bond donors (Lipinski definition) is 0. The van der Waals surface area contributed by atoms with Gasteiger partial charge < -0.3 is 14.4 Å². The number of ether oxygens (including phenoxy) is 2. The Labute approximate surface area is 135 Å². The molecule has 1 aromatic carbocycles. The van der Waals surface area contributed by atoms with E-state index in [0.717, 1.165) is 0 Å². The molecule has 1 atom stereocenters. The molecule has 1 saturated heterocycles. The Bertz CT molecular complexity index is 580. The molecule has 0 bridgehead atoms. The number of esters is 1. The maximum absolute atomic E-state index is 12.3. The minimum atomic E-state index is -1.46. The van der Waals surface area contributed by atoms with Crippen LogP contribution in [0, 0.1) is 13.7 Å². The molecule has 2 rings (SSSR count). The van der Waals surface area contributed by atoms with E-state index < -0.39 is 16.5 Å². The third kappa shape index (κ3) is 3.01. The molecule has 0 aliphatic carbocycles. The minimum Gasteiger partial charge on any atom is -0.467 e. The van der Waals surface area contributed by atoms with Gasteiger partial charge in [-0.1, -0.05) is 0 Å². The second kappa shape index (κ2) is 6.24. The van der Waals surface area contributed by atoms with Crippen LogP contribution in [0.1, 0.15) is 5.56 Å². The van der Waals surface area contributed by atoms with Crippen LogP contribution in [-0.2, 0) is 19.9 Å². The number of hydrogen-bond acceptors (Lipinski definition) is 6. The molecule has 1 aliphatic heterocycles. The van der Waals surface area contributed by atoms with Gasteiger partial charge in [0.2, 0.25) is 5.60 Å². The normalized spacial score (nSPS) is 22.8. The monoisotopic (exact) mass is 406 g/mol. The van der Waals surface area contributed by atoms with Gasteiger partial charge in [0, 0.05) is 22.7 Å². The summed E-state index contributed by atoms with van der Waals surface area (Å²) in [6.45, 7) is 1.16. The summed E-state index contributed by atoms with van der Waals surface area (Å²) in [5.74, 6) is -0.627. The predicted octanol–water partition coefficient (Wildman–Crippen LogP) is 1.53. The minimum absolute atomic E-state index is 0.136. The van der Waals surface area contributed by atoms with Crippen LogP contribution in [0.2, 0.25) is 0 Å². The van der Waals surface area contributed by atoms with Gasteiger partial charge in [0.15, 0.2) is 0 Å². The summed E-state index contributed by atoms with van der Waals surface area (Å²) in [7, 11) is 3.08. The van der Waals surface area contributed by atoms with Gasteiger partial charge in [0.05, 0.1) is 24.2 Å². The lowest BCUT2D eigenvalue weighted by atomic mass is 9.90. The third-order valence-electron chi connectivity index (χ3n) is 3.42. The molecule has 21 heavy (non-hydrogen) atoms. The number of nitro groups is 1. The van der Waals surface area contributed by atoms with Crippen molar-refractivity contribution in [3.63, 3.8) is 0 Å². The molecular formula is C13H15IN2O5. The van der Waals surface area contributed by atoms with Crippen LogP contribution in [0.5, 0.6) is 0 Å². The first-order valence-corrected chi connectivity index (χ1v) is 7.34. The van der Waals surface area contributed by atoms with Crippen molar-refractivity contribution >= 4 is 34.2 Å². The maximum Gasteiger partial charge on any atom is 0.344 e. The van der Waals surface area contributed by atoms with Gasteiger partial charge in [-0.2, -0.15) is 0 Å².